The molecule has 4 rings (SSSR count). The van der Waals surface area contributed by atoms with Crippen LogP contribution in [-0.2, 0) is 4.79 Å². The van der Waals surface area contributed by atoms with E-state index >= 15 is 0 Å². The van der Waals surface area contributed by atoms with E-state index in [1.807, 2.05) is 43.3 Å². The van der Waals surface area contributed by atoms with Crippen LogP contribution in [0.25, 0.3) is 16.7 Å². The van der Waals surface area contributed by atoms with Gasteiger partial charge in [0.15, 0.2) is 18.2 Å². The molecule has 7 nitrogen and oxygen atoms in total. The highest BCUT2D eigenvalue weighted by atomic mass is 35.5. The van der Waals surface area contributed by atoms with E-state index in [0.717, 1.165) is 16.5 Å². The second-order valence-corrected chi connectivity index (χ2v) is 6.97. The highest BCUT2D eigenvalue weighted by Gasteiger charge is 2.17. The second-order valence-electron chi connectivity index (χ2n) is 6.54. The van der Waals surface area contributed by atoms with Crippen molar-refractivity contribution in [2.75, 3.05) is 11.9 Å². The minimum Gasteiger partial charge on any atom is -0.484 e. The van der Waals surface area contributed by atoms with Gasteiger partial charge in [0.1, 0.15) is 17.4 Å². The summed E-state index contributed by atoms with van der Waals surface area (Å²) >= 11 is 5.84. The van der Waals surface area contributed by atoms with Gasteiger partial charge in [-0.3, -0.25) is 4.79 Å². The summed E-state index contributed by atoms with van der Waals surface area (Å²) in [5, 5.41) is 18.0. The highest BCUT2D eigenvalue weighted by molar-refractivity contribution is 6.30. The van der Waals surface area contributed by atoms with E-state index < -0.39 is 5.91 Å². The number of hydrogen-bond donors (Lipinski definition) is 1. The molecule has 1 N–H and O–H groups in total. The molecule has 2 aromatic carbocycles. The number of nitrogens with zero attached hydrogens (tertiary/aromatic N) is 4. The van der Waals surface area contributed by atoms with Gasteiger partial charge in [0.25, 0.3) is 5.91 Å². The Morgan fingerprint density at radius 2 is 2.00 bits per heavy atom. The largest absolute Gasteiger partial charge is 0.484 e. The zero-order valence-electron chi connectivity index (χ0n) is 16.0. The predicted molar refractivity (Wildman–Crippen MR) is 114 cm³/mol. The SMILES string of the molecule is Cc1cc(-n2ncc(C#N)c2NC(=O)COc2ccc(Cl)cc2)nc2ccccc12. The molecule has 0 fully saturated rings. The maximum Gasteiger partial charge on any atom is 0.263 e. The van der Waals surface area contributed by atoms with Gasteiger partial charge in [0.05, 0.1) is 11.7 Å². The Labute approximate surface area is 177 Å². The Bertz CT molecular complexity index is 1280. The molecule has 0 atom stereocenters. The summed E-state index contributed by atoms with van der Waals surface area (Å²) in [5.74, 6) is 0.821. The lowest BCUT2D eigenvalue weighted by Crippen LogP contribution is -2.22. The summed E-state index contributed by atoms with van der Waals surface area (Å²) in [6.07, 6.45) is 1.39. The average Bonchev–Trinajstić information content (AvgIpc) is 3.16. The van der Waals surface area contributed by atoms with Gasteiger partial charge in [-0.25, -0.2) is 4.98 Å². The minimum absolute atomic E-state index is 0.224. The number of benzene rings is 2. The fourth-order valence-corrected chi connectivity index (χ4v) is 3.14. The molecule has 148 valence electrons. The normalized spacial score (nSPS) is 10.6. The zero-order chi connectivity index (χ0) is 21.1. The average molecular weight is 418 g/mol. The number of ether oxygens (including phenoxy) is 1. The van der Waals surface area contributed by atoms with Gasteiger partial charge in [-0.2, -0.15) is 15.0 Å². The molecule has 1 amide bonds. The third-order valence-electron chi connectivity index (χ3n) is 4.46. The van der Waals surface area contributed by atoms with Gasteiger partial charge in [0, 0.05) is 10.4 Å². The molecule has 30 heavy (non-hydrogen) atoms. The summed E-state index contributed by atoms with van der Waals surface area (Å²) in [4.78, 5) is 17.1. The van der Waals surface area contributed by atoms with Crippen molar-refractivity contribution >= 4 is 34.2 Å². The molecule has 0 bridgehead atoms. The topological polar surface area (TPSA) is 92.8 Å². The van der Waals surface area contributed by atoms with Crippen LogP contribution in [0.3, 0.4) is 0 Å². The number of aryl methyl sites for hydroxylation is 1. The molecule has 2 aromatic heterocycles. The fourth-order valence-electron chi connectivity index (χ4n) is 3.01. The van der Waals surface area contributed by atoms with E-state index in [4.69, 9.17) is 16.3 Å². The lowest BCUT2D eigenvalue weighted by atomic mass is 10.1. The fraction of sp³-hybridized carbons (Fsp3) is 0.0909. The van der Waals surface area contributed by atoms with Gasteiger partial charge in [0.2, 0.25) is 0 Å². The number of para-hydroxylation sites is 1. The van der Waals surface area contributed by atoms with E-state index in [0.29, 0.717) is 16.6 Å². The second kappa shape index (κ2) is 8.23. The van der Waals surface area contributed by atoms with Gasteiger partial charge in [-0.1, -0.05) is 29.8 Å². The van der Waals surface area contributed by atoms with Crippen molar-refractivity contribution in [3.8, 4) is 17.6 Å². The third kappa shape index (κ3) is 3.95. The zero-order valence-corrected chi connectivity index (χ0v) is 16.7. The summed E-state index contributed by atoms with van der Waals surface area (Å²) in [5.41, 5.74) is 2.03. The molecular formula is C22H16ClN5O2. The molecule has 0 aliphatic rings. The molecule has 0 radical (unpaired) electrons. The van der Waals surface area contributed by atoms with Crippen LogP contribution in [0.2, 0.25) is 5.02 Å². The first kappa shape index (κ1) is 19.4. The first-order chi connectivity index (χ1) is 14.5. The predicted octanol–water partition coefficient (Wildman–Crippen LogP) is 4.27. The minimum atomic E-state index is -0.430. The number of nitrogens with one attached hydrogen (secondary N) is 1. The number of fused-ring (bicyclic) bond motifs is 1. The standard InChI is InChI=1S/C22H16ClN5O2/c1-14-10-20(26-19-5-3-2-4-18(14)19)28-22(15(11-24)12-25-28)27-21(29)13-30-17-8-6-16(23)7-9-17/h2-10,12H,13H2,1H3,(H,27,29). The van der Waals surface area contributed by atoms with Crippen LogP contribution in [0.1, 0.15) is 11.1 Å². The number of hydrogen-bond acceptors (Lipinski definition) is 5. The molecule has 0 unspecified atom stereocenters. The number of rotatable bonds is 5. The van der Waals surface area contributed by atoms with E-state index in [2.05, 4.69) is 15.4 Å². The number of pyridine rings is 1. The third-order valence-corrected chi connectivity index (χ3v) is 4.71. The monoisotopic (exact) mass is 417 g/mol. The van der Waals surface area contributed by atoms with Crippen LogP contribution in [0.15, 0.2) is 60.8 Å². The number of halogens is 1. The van der Waals surface area contributed by atoms with Crippen LogP contribution in [0.5, 0.6) is 5.75 Å². The molecule has 8 heteroatoms. The number of carbonyl (C=O) groups is 1. The number of nitriles is 1. The van der Waals surface area contributed by atoms with Crippen molar-refractivity contribution in [2.45, 2.75) is 6.92 Å². The van der Waals surface area contributed by atoms with Crippen LogP contribution in [0.4, 0.5) is 5.82 Å². The van der Waals surface area contributed by atoms with Crippen molar-refractivity contribution in [3.63, 3.8) is 0 Å². The van der Waals surface area contributed by atoms with Crippen molar-refractivity contribution < 1.29 is 9.53 Å². The molecule has 0 aliphatic carbocycles. The van der Waals surface area contributed by atoms with Crippen molar-refractivity contribution in [1.29, 1.82) is 5.26 Å². The molecular weight excluding hydrogens is 402 g/mol. The summed E-state index contributed by atoms with van der Waals surface area (Å²) in [6.45, 7) is 1.74. The number of anilines is 1. The number of aromatic nitrogens is 3. The van der Waals surface area contributed by atoms with Gasteiger partial charge >= 0.3 is 0 Å². The van der Waals surface area contributed by atoms with Crippen LogP contribution >= 0.6 is 11.6 Å². The number of amides is 1. The lowest BCUT2D eigenvalue weighted by molar-refractivity contribution is -0.118. The van der Waals surface area contributed by atoms with Crippen molar-refractivity contribution in [1.82, 2.24) is 14.8 Å². The van der Waals surface area contributed by atoms with Gasteiger partial charge < -0.3 is 10.1 Å². The van der Waals surface area contributed by atoms with Crippen molar-refractivity contribution in [2.24, 2.45) is 0 Å². The Morgan fingerprint density at radius 3 is 2.77 bits per heavy atom. The Balaban J connectivity index is 1.60. The lowest BCUT2D eigenvalue weighted by Gasteiger charge is -2.11. The maximum absolute atomic E-state index is 12.4. The Hall–Kier alpha value is -3.89. The van der Waals surface area contributed by atoms with Crippen LogP contribution in [0, 0.1) is 18.3 Å². The molecule has 0 saturated carbocycles. The van der Waals surface area contributed by atoms with E-state index in [1.54, 1.807) is 24.3 Å². The van der Waals surface area contributed by atoms with E-state index in [-0.39, 0.29) is 18.0 Å². The van der Waals surface area contributed by atoms with Crippen LogP contribution in [-0.4, -0.2) is 27.3 Å². The molecule has 0 spiro atoms. The highest BCUT2D eigenvalue weighted by Crippen LogP contribution is 2.23. The molecule has 4 aromatic rings. The summed E-state index contributed by atoms with van der Waals surface area (Å²) < 4.78 is 6.91. The molecule has 0 saturated heterocycles. The molecule has 2 heterocycles. The Kier molecular flexibility index (Phi) is 5.33. The number of carbonyl (C=O) groups excluding carboxylic acids is 1. The van der Waals surface area contributed by atoms with Gasteiger partial charge in [-0.15, -0.1) is 0 Å². The van der Waals surface area contributed by atoms with E-state index in [1.165, 1.54) is 10.9 Å². The first-order valence-electron chi connectivity index (χ1n) is 9.08. The quantitative estimate of drug-likeness (QED) is 0.523. The van der Waals surface area contributed by atoms with Crippen LogP contribution < -0.4 is 10.1 Å². The smallest absolute Gasteiger partial charge is 0.263 e. The molecule has 0 aliphatic heterocycles. The Morgan fingerprint density at radius 1 is 1.23 bits per heavy atom. The van der Waals surface area contributed by atoms with E-state index in [9.17, 15) is 10.1 Å². The summed E-state index contributed by atoms with van der Waals surface area (Å²) in [6, 6.07) is 18.3. The maximum atomic E-state index is 12.4. The first-order valence-corrected chi connectivity index (χ1v) is 9.46. The van der Waals surface area contributed by atoms with Crippen molar-refractivity contribution in [3.05, 3.63) is 76.9 Å². The van der Waals surface area contributed by atoms with Gasteiger partial charge in [-0.05, 0) is 48.9 Å². The summed E-state index contributed by atoms with van der Waals surface area (Å²) in [7, 11) is 0.